The molecule has 0 aromatic heterocycles. The third-order valence-corrected chi connectivity index (χ3v) is 7.47. The van der Waals surface area contributed by atoms with Crippen molar-refractivity contribution >= 4 is 29.2 Å². The number of hydrogen-bond donors (Lipinski definition) is 0. The van der Waals surface area contributed by atoms with Crippen LogP contribution in [-0.4, -0.2) is 31.1 Å². The summed E-state index contributed by atoms with van der Waals surface area (Å²) in [6.07, 6.45) is 2.78. The van der Waals surface area contributed by atoms with Crippen molar-refractivity contribution in [1.82, 2.24) is 4.90 Å². The Morgan fingerprint density at radius 2 is 1.81 bits per heavy atom. The average Bonchev–Trinajstić information content (AvgIpc) is 3.03. The van der Waals surface area contributed by atoms with Crippen molar-refractivity contribution in [2.75, 3.05) is 20.2 Å². The third kappa shape index (κ3) is 4.57. The summed E-state index contributed by atoms with van der Waals surface area (Å²) in [4.78, 5) is 14.4. The lowest BCUT2D eigenvalue weighted by Gasteiger charge is -2.36. The number of nitrogens with zero attached hydrogens (tertiary/aromatic N) is 1. The maximum atomic E-state index is 11.9. The number of carbonyl (C=O) groups excluding carboxylic acids is 1. The van der Waals surface area contributed by atoms with E-state index < -0.39 is 0 Å². The van der Waals surface area contributed by atoms with E-state index in [2.05, 4.69) is 30.9 Å². The van der Waals surface area contributed by atoms with E-state index in [0.717, 1.165) is 43.7 Å². The number of piperidine rings is 1. The number of fused-ring (bicyclic) bond motifs is 1. The summed E-state index contributed by atoms with van der Waals surface area (Å²) >= 11 is 12.6. The van der Waals surface area contributed by atoms with Crippen molar-refractivity contribution in [3.05, 3.63) is 63.1 Å². The van der Waals surface area contributed by atoms with E-state index in [1.165, 1.54) is 18.2 Å². The van der Waals surface area contributed by atoms with Crippen LogP contribution in [0.15, 0.2) is 36.4 Å². The molecule has 0 radical (unpaired) electrons. The summed E-state index contributed by atoms with van der Waals surface area (Å²) in [5.74, 6) is 0.780. The van der Waals surface area contributed by atoms with Crippen LogP contribution in [0, 0.1) is 5.92 Å². The van der Waals surface area contributed by atoms with Crippen molar-refractivity contribution in [3.8, 4) is 5.75 Å². The minimum atomic E-state index is -0.0767. The molecule has 1 aliphatic carbocycles. The Morgan fingerprint density at radius 3 is 2.45 bits per heavy atom. The largest absolute Gasteiger partial charge is 0.489 e. The van der Waals surface area contributed by atoms with Gasteiger partial charge in [0.05, 0.1) is 13.0 Å². The summed E-state index contributed by atoms with van der Waals surface area (Å²) in [5.41, 5.74) is 3.55. The number of carbonyl (C=O) groups is 1. The Bertz CT molecular complexity index is 947. The fourth-order valence-electron chi connectivity index (χ4n) is 4.97. The highest BCUT2D eigenvalue weighted by Gasteiger charge is 2.41. The SMILES string of the molecule is COC(=O)C1CCN(C2CC(C)(C)c3cc(OCc4c(Cl)cccc4Cl)ccc32)CC1. The molecule has 4 nitrogen and oxygen atoms in total. The Hall–Kier alpha value is -1.75. The number of halogens is 2. The van der Waals surface area contributed by atoms with Crippen LogP contribution in [0.25, 0.3) is 0 Å². The lowest BCUT2D eigenvalue weighted by molar-refractivity contribution is -0.147. The van der Waals surface area contributed by atoms with Crippen LogP contribution < -0.4 is 4.74 Å². The highest BCUT2D eigenvalue weighted by molar-refractivity contribution is 6.35. The van der Waals surface area contributed by atoms with Gasteiger partial charge in [-0.15, -0.1) is 0 Å². The second-order valence-electron chi connectivity index (χ2n) is 9.18. The third-order valence-electron chi connectivity index (χ3n) is 6.77. The molecule has 2 aromatic rings. The number of methoxy groups -OCH3 is 1. The molecule has 1 atom stereocenters. The van der Waals surface area contributed by atoms with Crippen LogP contribution >= 0.6 is 23.2 Å². The molecule has 1 aliphatic heterocycles. The second-order valence-corrected chi connectivity index (χ2v) is 9.99. The maximum absolute atomic E-state index is 11.9. The minimum absolute atomic E-state index is 0.0301. The van der Waals surface area contributed by atoms with E-state index >= 15 is 0 Å². The summed E-state index contributed by atoms with van der Waals surface area (Å²) in [6, 6.07) is 12.3. The predicted octanol–water partition coefficient (Wildman–Crippen LogP) is 6.18. The molecule has 0 bridgehead atoms. The zero-order valence-electron chi connectivity index (χ0n) is 18.3. The topological polar surface area (TPSA) is 38.8 Å². The number of likely N-dealkylation sites (tertiary alicyclic amines) is 1. The molecule has 1 fully saturated rings. The van der Waals surface area contributed by atoms with Crippen molar-refractivity contribution in [1.29, 1.82) is 0 Å². The molecular weight excluding hydrogens is 433 g/mol. The van der Waals surface area contributed by atoms with E-state index in [1.54, 1.807) is 0 Å². The summed E-state index contributed by atoms with van der Waals surface area (Å²) < 4.78 is 11.0. The number of rotatable bonds is 5. The quantitative estimate of drug-likeness (QED) is 0.498. The van der Waals surface area contributed by atoms with Crippen molar-refractivity contribution in [2.45, 2.75) is 51.2 Å². The molecule has 0 amide bonds. The van der Waals surface area contributed by atoms with Gasteiger partial charge >= 0.3 is 5.97 Å². The van der Waals surface area contributed by atoms with Gasteiger partial charge in [0, 0.05) is 21.7 Å². The Kier molecular flexibility index (Phi) is 6.52. The number of ether oxygens (including phenoxy) is 2. The summed E-state index contributed by atoms with van der Waals surface area (Å²) in [5, 5.41) is 1.23. The van der Waals surface area contributed by atoms with Crippen LogP contribution in [0.1, 0.15) is 55.8 Å². The molecule has 1 heterocycles. The molecule has 2 aliphatic rings. The Labute approximate surface area is 194 Å². The molecule has 0 spiro atoms. The van der Waals surface area contributed by atoms with Gasteiger partial charge in [0.25, 0.3) is 0 Å². The fraction of sp³-hybridized carbons (Fsp3) is 0.480. The highest BCUT2D eigenvalue weighted by Crippen LogP contribution is 2.49. The number of benzene rings is 2. The van der Waals surface area contributed by atoms with Gasteiger partial charge in [-0.1, -0.05) is 49.2 Å². The molecule has 4 rings (SSSR count). The van der Waals surface area contributed by atoms with Crippen molar-refractivity contribution < 1.29 is 14.3 Å². The molecule has 166 valence electrons. The monoisotopic (exact) mass is 461 g/mol. The van der Waals surface area contributed by atoms with Gasteiger partial charge in [-0.3, -0.25) is 9.69 Å². The normalized spacial score (nSPS) is 21.0. The molecule has 1 saturated heterocycles. The second kappa shape index (κ2) is 9.01. The van der Waals surface area contributed by atoms with Gasteiger partial charge < -0.3 is 9.47 Å². The molecule has 6 heteroatoms. The smallest absolute Gasteiger partial charge is 0.308 e. The zero-order valence-corrected chi connectivity index (χ0v) is 19.8. The van der Waals surface area contributed by atoms with E-state index in [1.807, 2.05) is 24.3 Å². The van der Waals surface area contributed by atoms with Crippen molar-refractivity contribution in [2.24, 2.45) is 5.92 Å². The lowest BCUT2D eigenvalue weighted by atomic mass is 9.86. The van der Waals surface area contributed by atoms with E-state index in [0.29, 0.717) is 22.7 Å². The minimum Gasteiger partial charge on any atom is -0.489 e. The van der Waals surface area contributed by atoms with Gasteiger partial charge in [0.15, 0.2) is 0 Å². The highest BCUT2D eigenvalue weighted by atomic mass is 35.5. The van der Waals surface area contributed by atoms with Gasteiger partial charge in [-0.25, -0.2) is 0 Å². The van der Waals surface area contributed by atoms with Gasteiger partial charge in [0.2, 0.25) is 0 Å². The first-order valence-corrected chi connectivity index (χ1v) is 11.6. The molecule has 0 N–H and O–H groups in total. The summed E-state index contributed by atoms with van der Waals surface area (Å²) in [6.45, 7) is 6.76. The maximum Gasteiger partial charge on any atom is 0.308 e. The molecule has 2 aromatic carbocycles. The van der Waals surface area contributed by atoms with E-state index in [9.17, 15) is 4.79 Å². The lowest BCUT2D eigenvalue weighted by Crippen LogP contribution is -2.38. The molecule has 31 heavy (non-hydrogen) atoms. The van der Waals surface area contributed by atoms with Gasteiger partial charge in [-0.2, -0.15) is 0 Å². The Morgan fingerprint density at radius 1 is 1.13 bits per heavy atom. The number of hydrogen-bond acceptors (Lipinski definition) is 4. The number of esters is 1. The first kappa shape index (κ1) is 22.4. The van der Waals surface area contributed by atoms with Crippen LogP contribution in [0.2, 0.25) is 10.0 Å². The molecule has 0 saturated carbocycles. The van der Waals surface area contributed by atoms with Gasteiger partial charge in [0.1, 0.15) is 12.4 Å². The van der Waals surface area contributed by atoms with Crippen LogP contribution in [0.4, 0.5) is 0 Å². The Balaban J connectivity index is 1.49. The van der Waals surface area contributed by atoms with Crippen LogP contribution in [0.5, 0.6) is 5.75 Å². The predicted molar refractivity (Wildman–Crippen MR) is 124 cm³/mol. The van der Waals surface area contributed by atoms with E-state index in [4.69, 9.17) is 32.7 Å². The first-order chi connectivity index (χ1) is 14.8. The van der Waals surface area contributed by atoms with Gasteiger partial charge in [-0.05, 0) is 73.2 Å². The zero-order chi connectivity index (χ0) is 22.2. The standard InChI is InChI=1S/C25H29Cl2NO3/c1-25(2)14-23(28-11-9-16(10-12-28)24(29)30-3)18-8-7-17(13-20(18)25)31-15-19-21(26)5-4-6-22(19)27/h4-8,13,16,23H,9-12,14-15H2,1-3H3. The molecule has 1 unspecified atom stereocenters. The fourth-order valence-corrected chi connectivity index (χ4v) is 5.48. The first-order valence-electron chi connectivity index (χ1n) is 10.8. The van der Waals surface area contributed by atoms with Crippen LogP contribution in [0.3, 0.4) is 0 Å². The molecular formula is C25H29Cl2NO3. The summed E-state index contributed by atoms with van der Waals surface area (Å²) in [7, 11) is 1.48. The van der Waals surface area contributed by atoms with E-state index in [-0.39, 0.29) is 17.3 Å². The van der Waals surface area contributed by atoms with Crippen molar-refractivity contribution in [3.63, 3.8) is 0 Å². The average molecular weight is 462 g/mol. The van der Waals surface area contributed by atoms with Crippen LogP contribution in [-0.2, 0) is 21.6 Å².